The van der Waals surface area contributed by atoms with E-state index in [9.17, 15) is 4.79 Å². The Labute approximate surface area is 195 Å². The zero-order chi connectivity index (χ0) is 22.5. The molecule has 0 radical (unpaired) electrons. The average Bonchev–Trinajstić information content (AvgIpc) is 3.32. The first-order chi connectivity index (χ1) is 15.3. The SMILES string of the molecule is CC(C)(C)OC(=O)N1C2CC[C@H]1CC(Oc1ccc(-c3ccc(Cl)c4ncsc34)nn1)C2. The number of piperidine rings is 1. The summed E-state index contributed by atoms with van der Waals surface area (Å²) >= 11 is 7.77. The molecule has 2 bridgehead atoms. The summed E-state index contributed by atoms with van der Waals surface area (Å²) in [5.41, 5.74) is 3.78. The lowest BCUT2D eigenvalue weighted by Gasteiger charge is -2.39. The number of ether oxygens (including phenoxy) is 2. The van der Waals surface area contributed by atoms with Gasteiger partial charge in [-0.15, -0.1) is 21.5 Å². The lowest BCUT2D eigenvalue weighted by molar-refractivity contribution is -0.00770. The maximum absolute atomic E-state index is 12.6. The molecule has 9 heteroatoms. The summed E-state index contributed by atoms with van der Waals surface area (Å²) in [5, 5.41) is 9.33. The van der Waals surface area contributed by atoms with Gasteiger partial charge in [0.1, 0.15) is 17.2 Å². The molecule has 2 aromatic heterocycles. The van der Waals surface area contributed by atoms with Crippen molar-refractivity contribution in [1.29, 1.82) is 0 Å². The molecular formula is C23H25ClN4O3S. The standard InChI is InChI=1S/C23H25ClN4O3S/c1-23(2,3)31-22(29)28-13-4-5-14(28)11-15(10-13)30-19-9-8-18(26-27-19)16-6-7-17(24)20-21(16)32-12-25-20/h6-9,12-15H,4-5,10-11H2,1-3H3/t13-,14?,15?/m0/s1. The molecule has 4 heterocycles. The molecule has 2 aliphatic heterocycles. The zero-order valence-electron chi connectivity index (χ0n) is 18.2. The van der Waals surface area contributed by atoms with Crippen LogP contribution in [0.2, 0.25) is 5.02 Å². The van der Waals surface area contributed by atoms with Gasteiger partial charge in [0.25, 0.3) is 0 Å². The summed E-state index contributed by atoms with van der Waals surface area (Å²) in [5.74, 6) is 0.499. The summed E-state index contributed by atoms with van der Waals surface area (Å²) in [6, 6.07) is 7.83. The van der Waals surface area contributed by atoms with Crippen LogP contribution in [0.1, 0.15) is 46.5 Å². The van der Waals surface area contributed by atoms with Crippen LogP contribution in [0.3, 0.4) is 0 Å². The normalized spacial score (nSPS) is 22.9. The monoisotopic (exact) mass is 472 g/mol. The minimum absolute atomic E-state index is 0.00933. The van der Waals surface area contributed by atoms with Crippen LogP contribution in [0.5, 0.6) is 5.88 Å². The highest BCUT2D eigenvalue weighted by Crippen LogP contribution is 2.38. The van der Waals surface area contributed by atoms with E-state index in [1.807, 2.05) is 49.9 Å². The summed E-state index contributed by atoms with van der Waals surface area (Å²) in [6.07, 6.45) is 3.31. The molecule has 0 aliphatic carbocycles. The van der Waals surface area contributed by atoms with E-state index in [1.54, 1.807) is 5.51 Å². The molecule has 5 rings (SSSR count). The first-order valence-electron chi connectivity index (χ1n) is 10.8. The van der Waals surface area contributed by atoms with Gasteiger partial charge in [0, 0.05) is 36.6 Å². The first kappa shape index (κ1) is 21.4. The van der Waals surface area contributed by atoms with E-state index in [0.717, 1.165) is 47.2 Å². The number of amides is 1. The van der Waals surface area contributed by atoms with E-state index in [4.69, 9.17) is 21.1 Å². The summed E-state index contributed by atoms with van der Waals surface area (Å²) in [7, 11) is 0. The molecule has 2 unspecified atom stereocenters. The largest absolute Gasteiger partial charge is 0.473 e. The number of carbonyl (C=O) groups is 1. The van der Waals surface area contributed by atoms with Gasteiger partial charge in [-0.05, 0) is 51.8 Å². The quantitative estimate of drug-likeness (QED) is 0.485. The van der Waals surface area contributed by atoms with E-state index in [2.05, 4.69) is 15.2 Å². The van der Waals surface area contributed by atoms with Crippen LogP contribution in [0.25, 0.3) is 21.5 Å². The van der Waals surface area contributed by atoms with Crippen molar-refractivity contribution in [2.45, 2.75) is 70.2 Å². The van der Waals surface area contributed by atoms with Crippen molar-refractivity contribution in [3.05, 3.63) is 34.8 Å². The molecule has 7 nitrogen and oxygen atoms in total. The molecule has 0 N–H and O–H groups in total. The second-order valence-electron chi connectivity index (χ2n) is 9.37. The highest BCUT2D eigenvalue weighted by Gasteiger charge is 2.45. The number of rotatable bonds is 3. The Hall–Kier alpha value is -2.45. The Bertz CT molecular complexity index is 1130. The third-order valence-electron chi connectivity index (χ3n) is 5.93. The van der Waals surface area contributed by atoms with Crippen LogP contribution in [-0.4, -0.2) is 50.0 Å². The molecular weight excluding hydrogens is 448 g/mol. The van der Waals surface area contributed by atoms with Crippen molar-refractivity contribution >= 4 is 39.2 Å². The maximum atomic E-state index is 12.6. The lowest BCUT2D eigenvalue weighted by Crippen LogP contribution is -2.50. The molecule has 3 aromatic rings. The number of carbonyl (C=O) groups excluding carboxylic acids is 1. The van der Waals surface area contributed by atoms with E-state index in [0.29, 0.717) is 10.9 Å². The molecule has 168 valence electrons. The van der Waals surface area contributed by atoms with Crippen LogP contribution in [0.4, 0.5) is 4.79 Å². The van der Waals surface area contributed by atoms with Gasteiger partial charge in [0.15, 0.2) is 0 Å². The lowest BCUT2D eigenvalue weighted by atomic mass is 10.0. The Balaban J connectivity index is 1.27. The summed E-state index contributed by atoms with van der Waals surface area (Å²) in [6.45, 7) is 5.69. The molecule has 1 amide bonds. The third kappa shape index (κ3) is 4.13. The predicted octanol–water partition coefficient (Wildman–Crippen LogP) is 5.72. The molecule has 0 spiro atoms. The Morgan fingerprint density at radius 3 is 2.53 bits per heavy atom. The van der Waals surface area contributed by atoms with Gasteiger partial charge < -0.3 is 14.4 Å². The number of thiazole rings is 1. The number of nitrogens with zero attached hydrogens (tertiary/aromatic N) is 4. The number of hydrogen-bond donors (Lipinski definition) is 0. The van der Waals surface area contributed by atoms with Gasteiger partial charge in [0.2, 0.25) is 5.88 Å². The van der Waals surface area contributed by atoms with E-state index >= 15 is 0 Å². The zero-order valence-corrected chi connectivity index (χ0v) is 19.8. The third-order valence-corrected chi connectivity index (χ3v) is 7.10. The van der Waals surface area contributed by atoms with Crippen molar-refractivity contribution in [2.75, 3.05) is 0 Å². The molecule has 0 saturated carbocycles. The molecule has 1 aromatic carbocycles. The summed E-state index contributed by atoms with van der Waals surface area (Å²) < 4.78 is 12.8. The molecule has 2 saturated heterocycles. The fourth-order valence-corrected chi connectivity index (χ4v) is 5.75. The van der Waals surface area contributed by atoms with Gasteiger partial charge >= 0.3 is 6.09 Å². The van der Waals surface area contributed by atoms with Crippen molar-refractivity contribution in [1.82, 2.24) is 20.1 Å². The smallest absolute Gasteiger partial charge is 0.410 e. The number of aromatic nitrogens is 3. The molecule has 2 aliphatic rings. The van der Waals surface area contributed by atoms with Crippen molar-refractivity contribution in [3.8, 4) is 17.1 Å². The number of hydrogen-bond acceptors (Lipinski definition) is 7. The minimum Gasteiger partial charge on any atom is -0.473 e. The highest BCUT2D eigenvalue weighted by molar-refractivity contribution is 7.17. The van der Waals surface area contributed by atoms with Gasteiger partial charge in [-0.25, -0.2) is 9.78 Å². The van der Waals surface area contributed by atoms with Gasteiger partial charge in [-0.3, -0.25) is 0 Å². The number of fused-ring (bicyclic) bond motifs is 3. The summed E-state index contributed by atoms with van der Waals surface area (Å²) in [4.78, 5) is 18.9. The van der Waals surface area contributed by atoms with E-state index in [1.165, 1.54) is 11.3 Å². The van der Waals surface area contributed by atoms with Crippen LogP contribution in [-0.2, 0) is 4.74 Å². The first-order valence-corrected chi connectivity index (χ1v) is 12.1. The van der Waals surface area contributed by atoms with Crippen molar-refractivity contribution in [3.63, 3.8) is 0 Å². The highest BCUT2D eigenvalue weighted by atomic mass is 35.5. The van der Waals surface area contributed by atoms with Gasteiger partial charge in [0.05, 0.1) is 20.9 Å². The number of halogens is 1. The van der Waals surface area contributed by atoms with Gasteiger partial charge in [-0.2, -0.15) is 0 Å². The van der Waals surface area contributed by atoms with Crippen LogP contribution in [0.15, 0.2) is 29.8 Å². The second-order valence-corrected chi connectivity index (χ2v) is 10.6. The molecule has 3 atom stereocenters. The fraction of sp³-hybridized carbons (Fsp3) is 0.478. The molecule has 2 fully saturated rings. The fourth-order valence-electron chi connectivity index (χ4n) is 4.65. The van der Waals surface area contributed by atoms with E-state index in [-0.39, 0.29) is 24.3 Å². The van der Waals surface area contributed by atoms with Crippen LogP contribution < -0.4 is 4.74 Å². The minimum atomic E-state index is -0.490. The Morgan fingerprint density at radius 2 is 1.88 bits per heavy atom. The van der Waals surface area contributed by atoms with Crippen LogP contribution in [0, 0.1) is 0 Å². The van der Waals surface area contributed by atoms with Crippen LogP contribution >= 0.6 is 22.9 Å². The number of benzene rings is 1. The Morgan fingerprint density at radius 1 is 1.12 bits per heavy atom. The second kappa shape index (κ2) is 8.15. The van der Waals surface area contributed by atoms with E-state index < -0.39 is 5.60 Å². The predicted molar refractivity (Wildman–Crippen MR) is 124 cm³/mol. The molecule has 32 heavy (non-hydrogen) atoms. The topological polar surface area (TPSA) is 77.4 Å². The van der Waals surface area contributed by atoms with Gasteiger partial charge in [-0.1, -0.05) is 11.6 Å². The maximum Gasteiger partial charge on any atom is 0.410 e. The van der Waals surface area contributed by atoms with Crippen molar-refractivity contribution < 1.29 is 14.3 Å². The van der Waals surface area contributed by atoms with Crippen molar-refractivity contribution in [2.24, 2.45) is 0 Å². The Kier molecular flexibility index (Phi) is 5.45. The average molecular weight is 473 g/mol.